The number of nitrogens with zero attached hydrogens (tertiary/aromatic N) is 6. The highest BCUT2D eigenvalue weighted by molar-refractivity contribution is 6.01. The van der Waals surface area contributed by atoms with Crippen LogP contribution in [-0.4, -0.2) is 52.8 Å². The molecule has 0 aliphatic carbocycles. The molecule has 246 valence electrons. The molecular weight excluding hydrogens is 611 g/mol. The summed E-state index contributed by atoms with van der Waals surface area (Å²) in [5.41, 5.74) is 8.66. The molecule has 0 bridgehead atoms. The molecule has 2 aromatic carbocycles. The van der Waals surface area contributed by atoms with Crippen LogP contribution < -0.4 is 4.74 Å². The molecule has 48 heavy (non-hydrogen) atoms. The fourth-order valence-corrected chi connectivity index (χ4v) is 6.79. The van der Waals surface area contributed by atoms with Crippen LogP contribution in [0, 0.1) is 19.7 Å². The number of aromatic nitrogens is 6. The van der Waals surface area contributed by atoms with E-state index in [9.17, 15) is 9.90 Å². The molecule has 1 N–H and O–H groups in total. The number of hydrogen-bond acceptors (Lipinski definition) is 7. The number of carboxylic acid groups (broad SMARTS) is 1. The molecule has 0 unspecified atom stereocenters. The van der Waals surface area contributed by atoms with E-state index in [-0.39, 0.29) is 5.75 Å². The summed E-state index contributed by atoms with van der Waals surface area (Å²) >= 11 is 0. The number of aliphatic carboxylic acids is 1. The molecule has 5 heterocycles. The number of aryl methyl sites for hydroxylation is 3. The predicted molar refractivity (Wildman–Crippen MR) is 181 cm³/mol. The van der Waals surface area contributed by atoms with Gasteiger partial charge in [0.2, 0.25) is 0 Å². The zero-order valence-electron chi connectivity index (χ0n) is 28.1. The molecule has 0 fully saturated rings. The Kier molecular flexibility index (Phi) is 7.54. The smallest absolute Gasteiger partial charge is 0.337 e. The van der Waals surface area contributed by atoms with Gasteiger partial charge < -0.3 is 19.1 Å². The number of ether oxygens (including phenoxy) is 2. The average molecular weight is 649 g/mol. The maximum Gasteiger partial charge on any atom is 0.337 e. The minimum atomic E-state index is -1.35. The van der Waals surface area contributed by atoms with Gasteiger partial charge in [0.15, 0.2) is 17.7 Å². The van der Waals surface area contributed by atoms with Crippen LogP contribution in [0.25, 0.3) is 55.7 Å². The molecule has 0 spiro atoms. The third-order valence-electron chi connectivity index (χ3n) is 9.03. The number of halogens is 1. The summed E-state index contributed by atoms with van der Waals surface area (Å²) in [4.78, 5) is 22.5. The topological polar surface area (TPSA) is 117 Å². The van der Waals surface area contributed by atoms with Crippen LogP contribution in [0.4, 0.5) is 4.39 Å². The maximum absolute atomic E-state index is 15.8. The van der Waals surface area contributed by atoms with Crippen LogP contribution in [0.3, 0.4) is 0 Å². The summed E-state index contributed by atoms with van der Waals surface area (Å²) in [7, 11) is 3.78. The van der Waals surface area contributed by atoms with Crippen LogP contribution in [0.1, 0.15) is 55.7 Å². The van der Waals surface area contributed by atoms with Gasteiger partial charge in [0.05, 0.1) is 29.1 Å². The molecule has 0 saturated carbocycles. The van der Waals surface area contributed by atoms with Crippen molar-refractivity contribution in [1.29, 1.82) is 0 Å². The number of pyridine rings is 2. The van der Waals surface area contributed by atoms with Crippen molar-refractivity contribution in [2.24, 2.45) is 14.1 Å². The minimum Gasteiger partial charge on any atom is -0.490 e. The van der Waals surface area contributed by atoms with Gasteiger partial charge >= 0.3 is 5.97 Å². The monoisotopic (exact) mass is 648 g/mol. The summed E-state index contributed by atoms with van der Waals surface area (Å²) < 4.78 is 31.5. The van der Waals surface area contributed by atoms with E-state index in [1.54, 1.807) is 17.8 Å². The number of carboxylic acids is 1. The zero-order chi connectivity index (χ0) is 34.1. The van der Waals surface area contributed by atoms with E-state index in [0.29, 0.717) is 46.4 Å². The summed E-state index contributed by atoms with van der Waals surface area (Å²) in [5, 5.41) is 19.5. The highest BCUT2D eigenvalue weighted by atomic mass is 19.1. The fraction of sp³-hybridized carbons (Fsp3) is 0.324. The molecule has 11 heteroatoms. The van der Waals surface area contributed by atoms with Gasteiger partial charge in [0.1, 0.15) is 11.2 Å². The third kappa shape index (κ3) is 5.28. The minimum absolute atomic E-state index is 0.268. The highest BCUT2D eigenvalue weighted by Crippen LogP contribution is 2.45. The van der Waals surface area contributed by atoms with Gasteiger partial charge in [-0.15, -0.1) is 5.10 Å². The van der Waals surface area contributed by atoms with Crippen molar-refractivity contribution in [1.82, 2.24) is 29.5 Å². The number of hydrogen-bond donors (Lipinski definition) is 1. The highest BCUT2D eigenvalue weighted by Gasteiger charge is 2.34. The SMILES string of the molecule is Cc1nc2c(cc(-c3ccnc(-c4ccc5nnn(C)c5c4)c3)n2C)c(-c2cc(F)c3c(c2C)CCCO3)c1[C@H](OC(C)(C)C)C(=O)O. The van der Waals surface area contributed by atoms with Crippen molar-refractivity contribution in [3.63, 3.8) is 0 Å². The first-order valence-electron chi connectivity index (χ1n) is 15.9. The summed E-state index contributed by atoms with van der Waals surface area (Å²) in [6.45, 7) is 9.63. The first-order valence-corrected chi connectivity index (χ1v) is 15.9. The quantitative estimate of drug-likeness (QED) is 0.200. The van der Waals surface area contributed by atoms with Crippen LogP contribution in [0.5, 0.6) is 5.75 Å². The van der Waals surface area contributed by atoms with Crippen molar-refractivity contribution in [2.45, 2.75) is 59.2 Å². The normalized spacial score (nSPS) is 13.9. The van der Waals surface area contributed by atoms with Crippen molar-refractivity contribution in [3.05, 3.63) is 76.9 Å². The second-order valence-electron chi connectivity index (χ2n) is 13.4. The van der Waals surface area contributed by atoms with Crippen LogP contribution in [0.2, 0.25) is 0 Å². The lowest BCUT2D eigenvalue weighted by atomic mass is 9.86. The summed E-state index contributed by atoms with van der Waals surface area (Å²) in [5.74, 6) is -1.35. The largest absolute Gasteiger partial charge is 0.490 e. The Labute approximate surface area is 277 Å². The molecule has 4 aromatic heterocycles. The van der Waals surface area contributed by atoms with Gasteiger partial charge in [-0.25, -0.2) is 18.9 Å². The second kappa shape index (κ2) is 11.5. The van der Waals surface area contributed by atoms with E-state index < -0.39 is 23.5 Å². The number of benzene rings is 2. The van der Waals surface area contributed by atoms with Crippen LogP contribution >= 0.6 is 0 Å². The first-order chi connectivity index (χ1) is 22.8. The Morgan fingerprint density at radius 3 is 2.62 bits per heavy atom. The molecular formula is C37H37FN6O4. The molecule has 0 amide bonds. The average Bonchev–Trinajstić information content (AvgIpc) is 3.59. The van der Waals surface area contributed by atoms with Crippen molar-refractivity contribution in [3.8, 4) is 39.4 Å². The Morgan fingerprint density at radius 2 is 1.88 bits per heavy atom. The molecule has 1 aliphatic rings. The lowest BCUT2D eigenvalue weighted by Crippen LogP contribution is -2.28. The first kappa shape index (κ1) is 31.4. The molecule has 6 aromatic rings. The molecule has 1 aliphatic heterocycles. The zero-order valence-corrected chi connectivity index (χ0v) is 28.1. The molecule has 7 rings (SSSR count). The lowest BCUT2D eigenvalue weighted by molar-refractivity contribution is -0.160. The molecule has 0 saturated heterocycles. The maximum atomic E-state index is 15.8. The lowest BCUT2D eigenvalue weighted by Gasteiger charge is -2.29. The van der Waals surface area contributed by atoms with E-state index >= 15 is 4.39 Å². The Morgan fingerprint density at radius 1 is 1.08 bits per heavy atom. The molecule has 0 radical (unpaired) electrons. The van der Waals surface area contributed by atoms with E-state index in [0.717, 1.165) is 51.1 Å². The van der Waals surface area contributed by atoms with E-state index in [1.807, 2.05) is 82.8 Å². The number of carbonyl (C=O) groups is 1. The van der Waals surface area contributed by atoms with Gasteiger partial charge in [-0.1, -0.05) is 11.3 Å². The van der Waals surface area contributed by atoms with Crippen molar-refractivity contribution >= 4 is 28.0 Å². The fourth-order valence-electron chi connectivity index (χ4n) is 6.79. The molecule has 10 nitrogen and oxygen atoms in total. The summed E-state index contributed by atoms with van der Waals surface area (Å²) in [6.07, 6.45) is 1.85. The molecule has 1 atom stereocenters. The predicted octanol–water partition coefficient (Wildman–Crippen LogP) is 7.27. The van der Waals surface area contributed by atoms with Crippen molar-refractivity contribution < 1.29 is 23.8 Å². The standard InChI is InChI=1S/C37H37FN6O4/c1-19-23-9-8-14-47-33(23)26(38)17-24(19)32-25-18-29(43(6)35(25)40-20(2)31(32)34(36(45)46)48-37(3,4)5)22-12-13-39-28(15-22)21-10-11-27-30(16-21)44(7)42-41-27/h10-13,15-18,34H,8-9,14H2,1-7H3,(H,45,46)/t34-/m0/s1. The van der Waals surface area contributed by atoms with Gasteiger partial charge in [-0.2, -0.15) is 0 Å². The van der Waals surface area contributed by atoms with Gasteiger partial charge in [0, 0.05) is 59.2 Å². The van der Waals surface area contributed by atoms with Gasteiger partial charge in [0.25, 0.3) is 0 Å². The van der Waals surface area contributed by atoms with Gasteiger partial charge in [-0.3, -0.25) is 4.98 Å². The van der Waals surface area contributed by atoms with E-state index in [4.69, 9.17) is 14.5 Å². The van der Waals surface area contributed by atoms with E-state index in [2.05, 4.69) is 15.3 Å². The van der Waals surface area contributed by atoms with E-state index in [1.165, 1.54) is 6.07 Å². The number of rotatable bonds is 6. The van der Waals surface area contributed by atoms with Crippen LogP contribution in [0.15, 0.2) is 48.7 Å². The Bertz CT molecular complexity index is 2260. The Balaban J connectivity index is 1.49. The van der Waals surface area contributed by atoms with Crippen LogP contribution in [-0.2, 0) is 30.0 Å². The number of fused-ring (bicyclic) bond motifs is 3. The second-order valence-corrected chi connectivity index (χ2v) is 13.4. The Hall–Kier alpha value is -5.16. The van der Waals surface area contributed by atoms with Crippen molar-refractivity contribution in [2.75, 3.05) is 6.61 Å². The van der Waals surface area contributed by atoms with Gasteiger partial charge in [-0.05, 0) is 95.0 Å². The summed E-state index contributed by atoms with van der Waals surface area (Å²) in [6, 6.07) is 13.3. The third-order valence-corrected chi connectivity index (χ3v) is 9.03.